The Hall–Kier alpha value is -1.14. The van der Waals surface area contributed by atoms with Gasteiger partial charge >= 0.3 is 0 Å². The van der Waals surface area contributed by atoms with Crippen molar-refractivity contribution >= 4 is 17.7 Å². The van der Waals surface area contributed by atoms with Crippen LogP contribution in [0.5, 0.6) is 0 Å². The fraction of sp³-hybridized carbons (Fsp3) is 0.667. The predicted octanol–water partition coefficient (Wildman–Crippen LogP) is 2.49. The van der Waals surface area contributed by atoms with E-state index in [-0.39, 0.29) is 0 Å². The Morgan fingerprint density at radius 1 is 1.29 bits per heavy atom. The zero-order valence-electron chi connectivity index (χ0n) is 13.1. The molecule has 0 aliphatic heterocycles. The molecule has 0 saturated heterocycles. The summed E-state index contributed by atoms with van der Waals surface area (Å²) in [6.45, 7) is 3.06. The average Bonchev–Trinajstić information content (AvgIpc) is 3.01. The number of guanidine groups is 1. The third kappa shape index (κ3) is 9.42. The molecule has 1 aromatic rings. The predicted molar refractivity (Wildman–Crippen MR) is 90.0 cm³/mol. The first-order chi connectivity index (χ1) is 10.4. The lowest BCUT2D eigenvalue weighted by molar-refractivity contribution is 0.105. The summed E-state index contributed by atoms with van der Waals surface area (Å²) in [5, 5.41) is 6.60. The Balaban J connectivity index is 1.94. The highest BCUT2D eigenvalue weighted by Gasteiger charge is 1.98. The van der Waals surface area contributed by atoms with Crippen LogP contribution in [0, 0.1) is 0 Å². The highest BCUT2D eigenvalue weighted by Crippen LogP contribution is 2.01. The molecule has 0 atom stereocenters. The Bertz CT molecular complexity index is 369. The van der Waals surface area contributed by atoms with E-state index >= 15 is 0 Å². The molecule has 0 saturated carbocycles. The topological polar surface area (TPSA) is 58.8 Å². The van der Waals surface area contributed by atoms with E-state index in [0.717, 1.165) is 31.2 Å². The molecule has 0 aromatic carbocycles. The summed E-state index contributed by atoms with van der Waals surface area (Å²) in [5.41, 5.74) is 0. The molecular weight excluding hydrogens is 286 g/mol. The quantitative estimate of drug-likeness (QED) is 0.373. The van der Waals surface area contributed by atoms with Crippen LogP contribution in [0.4, 0.5) is 0 Å². The number of unbranched alkanes of at least 4 members (excludes halogenated alkanes) is 1. The van der Waals surface area contributed by atoms with E-state index in [0.29, 0.717) is 13.2 Å². The molecule has 0 spiro atoms. The van der Waals surface area contributed by atoms with E-state index in [4.69, 9.17) is 9.15 Å². The van der Waals surface area contributed by atoms with E-state index < -0.39 is 0 Å². The Morgan fingerprint density at radius 3 is 2.76 bits per heavy atom. The summed E-state index contributed by atoms with van der Waals surface area (Å²) >= 11 is 1.89. The molecule has 1 heterocycles. The van der Waals surface area contributed by atoms with Crippen LogP contribution in [0.25, 0.3) is 0 Å². The molecule has 0 aliphatic rings. The van der Waals surface area contributed by atoms with Crippen molar-refractivity contribution in [2.24, 2.45) is 4.99 Å². The number of nitrogens with zero attached hydrogens (tertiary/aromatic N) is 1. The molecule has 0 fully saturated rings. The maximum absolute atomic E-state index is 5.52. The maximum atomic E-state index is 5.52. The van der Waals surface area contributed by atoms with Gasteiger partial charge < -0.3 is 19.8 Å². The van der Waals surface area contributed by atoms with Gasteiger partial charge in [-0.3, -0.25) is 4.99 Å². The molecule has 1 rings (SSSR count). The summed E-state index contributed by atoms with van der Waals surface area (Å²) in [6.07, 6.45) is 7.16. The number of ether oxygens (including phenoxy) is 1. The van der Waals surface area contributed by atoms with Gasteiger partial charge in [0, 0.05) is 26.7 Å². The second kappa shape index (κ2) is 12.6. The minimum Gasteiger partial charge on any atom is -0.467 e. The average molecular weight is 313 g/mol. The molecule has 1 aromatic heterocycles. The molecule has 0 unspecified atom stereocenters. The van der Waals surface area contributed by atoms with Crippen molar-refractivity contribution in [1.29, 1.82) is 0 Å². The van der Waals surface area contributed by atoms with Crippen LogP contribution in [0.15, 0.2) is 27.8 Å². The molecule has 0 bridgehead atoms. The third-order valence-corrected chi connectivity index (χ3v) is 3.57. The van der Waals surface area contributed by atoms with Gasteiger partial charge in [-0.1, -0.05) is 0 Å². The van der Waals surface area contributed by atoms with Gasteiger partial charge in [0.25, 0.3) is 0 Å². The lowest BCUT2D eigenvalue weighted by Crippen LogP contribution is -2.38. The zero-order chi connectivity index (χ0) is 15.2. The largest absolute Gasteiger partial charge is 0.467 e. The Kier molecular flexibility index (Phi) is 10.7. The number of nitrogens with one attached hydrogen (secondary N) is 2. The van der Waals surface area contributed by atoms with Crippen molar-refractivity contribution in [3.63, 3.8) is 0 Å². The van der Waals surface area contributed by atoms with E-state index in [1.807, 2.05) is 23.9 Å². The molecule has 6 heteroatoms. The first-order valence-corrected chi connectivity index (χ1v) is 8.79. The van der Waals surface area contributed by atoms with Gasteiger partial charge in [0.2, 0.25) is 0 Å². The number of hydrogen-bond donors (Lipinski definition) is 2. The fourth-order valence-electron chi connectivity index (χ4n) is 1.75. The molecule has 120 valence electrons. The van der Waals surface area contributed by atoms with E-state index in [9.17, 15) is 0 Å². The number of hydrogen-bond acceptors (Lipinski definition) is 4. The van der Waals surface area contributed by atoms with Crippen LogP contribution < -0.4 is 10.6 Å². The number of rotatable bonds is 11. The summed E-state index contributed by atoms with van der Waals surface area (Å²) in [4.78, 5) is 4.20. The smallest absolute Gasteiger partial charge is 0.190 e. The van der Waals surface area contributed by atoms with E-state index in [1.165, 1.54) is 18.6 Å². The number of furan rings is 1. The normalized spacial score (nSPS) is 11.6. The summed E-state index contributed by atoms with van der Waals surface area (Å²) in [7, 11) is 1.80. The highest BCUT2D eigenvalue weighted by atomic mass is 32.2. The van der Waals surface area contributed by atoms with E-state index in [2.05, 4.69) is 21.9 Å². The van der Waals surface area contributed by atoms with Crippen molar-refractivity contribution < 1.29 is 9.15 Å². The van der Waals surface area contributed by atoms with Gasteiger partial charge in [-0.25, -0.2) is 0 Å². The Morgan fingerprint density at radius 2 is 2.10 bits per heavy atom. The summed E-state index contributed by atoms with van der Waals surface area (Å²) in [5.74, 6) is 2.96. The second-order valence-corrected chi connectivity index (χ2v) is 5.60. The summed E-state index contributed by atoms with van der Waals surface area (Å²) < 4.78 is 10.7. The van der Waals surface area contributed by atoms with Crippen molar-refractivity contribution in [1.82, 2.24) is 10.6 Å². The van der Waals surface area contributed by atoms with Gasteiger partial charge in [0.1, 0.15) is 12.4 Å². The van der Waals surface area contributed by atoms with Gasteiger partial charge in [-0.2, -0.15) is 11.8 Å². The van der Waals surface area contributed by atoms with Gasteiger partial charge in [-0.15, -0.1) is 0 Å². The van der Waals surface area contributed by atoms with Crippen LogP contribution >= 0.6 is 11.8 Å². The minimum absolute atomic E-state index is 0.537. The highest BCUT2D eigenvalue weighted by molar-refractivity contribution is 7.98. The van der Waals surface area contributed by atoms with Crippen molar-refractivity contribution in [3.05, 3.63) is 24.2 Å². The lowest BCUT2D eigenvalue weighted by atomic mass is 10.3. The van der Waals surface area contributed by atoms with Crippen molar-refractivity contribution in [3.8, 4) is 0 Å². The van der Waals surface area contributed by atoms with Crippen LogP contribution in [0.1, 0.15) is 25.0 Å². The molecule has 0 amide bonds. The molecular formula is C15H27N3O2S. The number of aliphatic imine (C=N–C) groups is 1. The van der Waals surface area contributed by atoms with Gasteiger partial charge in [0.05, 0.1) is 6.26 Å². The molecule has 0 radical (unpaired) electrons. The Labute approximate surface area is 131 Å². The molecule has 0 aliphatic carbocycles. The molecule has 21 heavy (non-hydrogen) atoms. The van der Waals surface area contributed by atoms with Crippen LogP contribution in [-0.2, 0) is 11.3 Å². The number of thioether (sulfide) groups is 1. The van der Waals surface area contributed by atoms with Gasteiger partial charge in [-0.05, 0) is 43.4 Å². The standard InChI is InChI=1S/C15H27N3O2S/c1-16-15(17-8-3-4-12-21-2)18-9-6-10-19-13-14-7-5-11-20-14/h5,7,11H,3-4,6,8-10,12-13H2,1-2H3,(H2,16,17,18). The van der Waals surface area contributed by atoms with E-state index in [1.54, 1.807) is 13.3 Å². The first kappa shape index (κ1) is 17.9. The van der Waals surface area contributed by atoms with Crippen molar-refractivity contribution in [2.45, 2.75) is 25.9 Å². The van der Waals surface area contributed by atoms with Crippen LogP contribution in [0.3, 0.4) is 0 Å². The van der Waals surface area contributed by atoms with Crippen molar-refractivity contribution in [2.75, 3.05) is 38.8 Å². The van der Waals surface area contributed by atoms with Crippen LogP contribution in [0.2, 0.25) is 0 Å². The monoisotopic (exact) mass is 313 g/mol. The summed E-state index contributed by atoms with van der Waals surface area (Å²) in [6, 6.07) is 3.79. The zero-order valence-corrected chi connectivity index (χ0v) is 13.9. The maximum Gasteiger partial charge on any atom is 0.190 e. The van der Waals surface area contributed by atoms with Crippen LogP contribution in [-0.4, -0.2) is 44.7 Å². The fourth-order valence-corrected chi connectivity index (χ4v) is 2.24. The third-order valence-electron chi connectivity index (χ3n) is 2.87. The second-order valence-electron chi connectivity index (χ2n) is 4.61. The van der Waals surface area contributed by atoms with Gasteiger partial charge in [0.15, 0.2) is 5.96 Å². The minimum atomic E-state index is 0.537. The molecule has 2 N–H and O–H groups in total. The lowest BCUT2D eigenvalue weighted by Gasteiger charge is -2.11. The SMILES string of the molecule is CN=C(NCCCCSC)NCCCOCc1ccco1. The molecule has 5 nitrogen and oxygen atoms in total. The first-order valence-electron chi connectivity index (χ1n) is 7.40.